The quantitative estimate of drug-likeness (QED) is 0.345. The van der Waals surface area contributed by atoms with E-state index in [0.29, 0.717) is 23.0 Å². The van der Waals surface area contributed by atoms with Crippen LogP contribution in [0.4, 0.5) is 0 Å². The normalized spacial score (nSPS) is 11.9. The maximum Gasteiger partial charge on any atom is 0.339 e. The molecule has 1 N–H and O–H groups in total. The molecular formula is C26H32O3. The van der Waals surface area contributed by atoms with Crippen molar-refractivity contribution in [3.63, 3.8) is 0 Å². The molecule has 0 saturated carbocycles. The number of unbranched alkanes of at least 4 members (excludes halogenated alkanes) is 3. The van der Waals surface area contributed by atoms with Crippen molar-refractivity contribution in [1.29, 1.82) is 0 Å². The summed E-state index contributed by atoms with van der Waals surface area (Å²) in [6.07, 6.45) is 6.36. The Bertz CT molecular complexity index is 1040. The summed E-state index contributed by atoms with van der Waals surface area (Å²) in [6.45, 7) is 8.61. The van der Waals surface area contributed by atoms with E-state index < -0.39 is 0 Å². The minimum Gasteiger partial charge on any atom is -0.507 e. The average molecular weight is 393 g/mol. The van der Waals surface area contributed by atoms with Crippen LogP contribution in [0.5, 0.6) is 5.75 Å². The molecule has 0 fully saturated rings. The summed E-state index contributed by atoms with van der Waals surface area (Å²) < 4.78 is 5.65. The molecule has 0 aliphatic rings. The third-order valence-electron chi connectivity index (χ3n) is 5.98. The van der Waals surface area contributed by atoms with E-state index in [1.165, 1.54) is 19.3 Å². The predicted molar refractivity (Wildman–Crippen MR) is 120 cm³/mol. The van der Waals surface area contributed by atoms with Gasteiger partial charge >= 0.3 is 5.63 Å². The van der Waals surface area contributed by atoms with Gasteiger partial charge in [-0.3, -0.25) is 0 Å². The highest BCUT2D eigenvalue weighted by Crippen LogP contribution is 2.35. The van der Waals surface area contributed by atoms with Gasteiger partial charge < -0.3 is 9.52 Å². The van der Waals surface area contributed by atoms with Crippen LogP contribution < -0.4 is 5.63 Å². The minimum absolute atomic E-state index is 0.0855. The van der Waals surface area contributed by atoms with Crippen LogP contribution in [0, 0.1) is 6.92 Å². The number of fused-ring (bicyclic) bond motifs is 1. The molecule has 0 aliphatic heterocycles. The molecule has 0 radical (unpaired) electrons. The molecule has 0 amide bonds. The van der Waals surface area contributed by atoms with Crippen LogP contribution in [0.2, 0.25) is 0 Å². The van der Waals surface area contributed by atoms with E-state index in [9.17, 15) is 9.90 Å². The van der Waals surface area contributed by atoms with Crippen molar-refractivity contribution in [1.82, 2.24) is 0 Å². The van der Waals surface area contributed by atoms with Gasteiger partial charge in [0.25, 0.3) is 0 Å². The molecule has 2 aromatic carbocycles. The number of benzene rings is 2. The maximum atomic E-state index is 12.6. The molecule has 3 nitrogen and oxygen atoms in total. The van der Waals surface area contributed by atoms with Crippen molar-refractivity contribution in [2.45, 2.75) is 71.6 Å². The third-order valence-corrected chi connectivity index (χ3v) is 5.98. The van der Waals surface area contributed by atoms with Gasteiger partial charge in [-0.25, -0.2) is 4.79 Å². The standard InChI is InChI=1S/C26H32O3/c1-5-6-7-10-13-26(3,4)21-16-23(27)22-15-20(25(28)29-24(22)17-21)14-19-12-9-8-11-18(19)2/h8-9,11-12,15-17,27H,5-7,10,13-14H2,1-4H3. The van der Waals surface area contributed by atoms with Crippen molar-refractivity contribution in [3.8, 4) is 5.75 Å². The van der Waals surface area contributed by atoms with Crippen molar-refractivity contribution >= 4 is 11.0 Å². The van der Waals surface area contributed by atoms with Gasteiger partial charge in [-0.15, -0.1) is 0 Å². The molecule has 0 saturated heterocycles. The molecule has 0 spiro atoms. The first-order valence-corrected chi connectivity index (χ1v) is 10.7. The number of phenolic OH excluding ortho intramolecular Hbond substituents is 1. The molecule has 1 aromatic heterocycles. The first-order chi connectivity index (χ1) is 13.8. The summed E-state index contributed by atoms with van der Waals surface area (Å²) >= 11 is 0. The Morgan fingerprint density at radius 2 is 1.76 bits per heavy atom. The summed E-state index contributed by atoms with van der Waals surface area (Å²) in [5.41, 5.74) is 3.83. The Hall–Kier alpha value is -2.55. The highest BCUT2D eigenvalue weighted by atomic mass is 16.4. The molecule has 1 heterocycles. The van der Waals surface area contributed by atoms with Crippen molar-refractivity contribution in [2.24, 2.45) is 0 Å². The first-order valence-electron chi connectivity index (χ1n) is 10.7. The zero-order valence-corrected chi connectivity index (χ0v) is 18.0. The van der Waals surface area contributed by atoms with Gasteiger partial charge in [-0.1, -0.05) is 70.7 Å². The number of phenols is 1. The topological polar surface area (TPSA) is 50.4 Å². The molecule has 29 heavy (non-hydrogen) atoms. The van der Waals surface area contributed by atoms with E-state index in [0.717, 1.165) is 29.5 Å². The molecule has 3 aromatic rings. The van der Waals surface area contributed by atoms with Crippen LogP contribution in [0.25, 0.3) is 11.0 Å². The highest BCUT2D eigenvalue weighted by Gasteiger charge is 2.23. The smallest absolute Gasteiger partial charge is 0.339 e. The second-order valence-corrected chi connectivity index (χ2v) is 8.76. The lowest BCUT2D eigenvalue weighted by Gasteiger charge is -2.26. The van der Waals surface area contributed by atoms with Crippen LogP contribution in [0.1, 0.15) is 75.1 Å². The van der Waals surface area contributed by atoms with Crippen LogP contribution in [0.15, 0.2) is 51.7 Å². The predicted octanol–water partition coefficient (Wildman–Crippen LogP) is 6.65. The monoisotopic (exact) mass is 392 g/mol. The molecule has 154 valence electrons. The lowest BCUT2D eigenvalue weighted by Crippen LogP contribution is -2.17. The summed E-state index contributed by atoms with van der Waals surface area (Å²) in [7, 11) is 0. The van der Waals surface area contributed by atoms with Crippen molar-refractivity contribution in [2.75, 3.05) is 0 Å². The molecule has 0 unspecified atom stereocenters. The summed E-state index contributed by atoms with van der Waals surface area (Å²) in [6, 6.07) is 13.5. The Kier molecular flexibility index (Phi) is 6.46. The number of aromatic hydroxyl groups is 1. The maximum absolute atomic E-state index is 12.6. The Labute approximate surface area is 173 Å². The van der Waals surface area contributed by atoms with Crippen LogP contribution in [0.3, 0.4) is 0 Å². The summed E-state index contributed by atoms with van der Waals surface area (Å²) in [5.74, 6) is 0.175. The zero-order chi connectivity index (χ0) is 21.0. The summed E-state index contributed by atoms with van der Waals surface area (Å²) in [5, 5.41) is 11.3. The fourth-order valence-electron chi connectivity index (χ4n) is 3.91. The molecule has 0 atom stereocenters. The van der Waals surface area contributed by atoms with E-state index in [1.54, 1.807) is 6.07 Å². The number of rotatable bonds is 8. The van der Waals surface area contributed by atoms with E-state index in [1.807, 2.05) is 43.3 Å². The Morgan fingerprint density at radius 1 is 1.00 bits per heavy atom. The van der Waals surface area contributed by atoms with Crippen molar-refractivity contribution in [3.05, 3.63) is 75.1 Å². The SMILES string of the molecule is CCCCCCC(C)(C)c1cc(O)c2cc(Cc3ccccc3C)c(=O)oc2c1. The first kappa shape index (κ1) is 21.2. The Balaban J connectivity index is 1.93. The second-order valence-electron chi connectivity index (χ2n) is 8.76. The van der Waals surface area contributed by atoms with E-state index in [2.05, 4.69) is 20.8 Å². The number of hydrogen-bond donors (Lipinski definition) is 1. The fourth-order valence-corrected chi connectivity index (χ4v) is 3.91. The molecule has 3 heteroatoms. The van der Waals surface area contributed by atoms with Gasteiger partial charge in [0.1, 0.15) is 11.3 Å². The summed E-state index contributed by atoms with van der Waals surface area (Å²) in [4.78, 5) is 12.6. The van der Waals surface area contributed by atoms with Gasteiger partial charge in [0.15, 0.2) is 0 Å². The number of aryl methyl sites for hydroxylation is 1. The van der Waals surface area contributed by atoms with Crippen molar-refractivity contribution < 1.29 is 9.52 Å². The van der Waals surface area contributed by atoms with Crippen LogP contribution >= 0.6 is 0 Å². The largest absolute Gasteiger partial charge is 0.507 e. The molecule has 3 rings (SSSR count). The van der Waals surface area contributed by atoms with Gasteiger partial charge in [0, 0.05) is 12.0 Å². The van der Waals surface area contributed by atoms with E-state index in [4.69, 9.17) is 4.42 Å². The Morgan fingerprint density at radius 3 is 2.48 bits per heavy atom. The molecule has 0 aliphatic carbocycles. The van der Waals surface area contributed by atoms with Gasteiger partial charge in [0.2, 0.25) is 0 Å². The lowest BCUT2D eigenvalue weighted by molar-refractivity contribution is 0.437. The molecular weight excluding hydrogens is 360 g/mol. The zero-order valence-electron chi connectivity index (χ0n) is 18.0. The molecule has 0 bridgehead atoms. The van der Waals surface area contributed by atoms with Gasteiger partial charge in [-0.2, -0.15) is 0 Å². The fraction of sp³-hybridized carbons (Fsp3) is 0.423. The van der Waals surface area contributed by atoms with Gasteiger partial charge in [-0.05, 0) is 53.6 Å². The van der Waals surface area contributed by atoms with Crippen LogP contribution in [-0.4, -0.2) is 5.11 Å². The van der Waals surface area contributed by atoms with Gasteiger partial charge in [0.05, 0.1) is 5.39 Å². The van der Waals surface area contributed by atoms with E-state index in [-0.39, 0.29) is 16.8 Å². The minimum atomic E-state index is -0.335. The lowest BCUT2D eigenvalue weighted by atomic mass is 9.79. The number of hydrogen-bond acceptors (Lipinski definition) is 3. The van der Waals surface area contributed by atoms with E-state index >= 15 is 0 Å². The van der Waals surface area contributed by atoms with Crippen LogP contribution in [-0.2, 0) is 11.8 Å². The average Bonchev–Trinajstić information content (AvgIpc) is 2.68. The second kappa shape index (κ2) is 8.86. The highest BCUT2D eigenvalue weighted by molar-refractivity contribution is 5.84. The third kappa shape index (κ3) is 4.90.